The molecule has 2 N–H and O–H groups in total. The van der Waals surface area contributed by atoms with Gasteiger partial charge < -0.3 is 19.9 Å². The zero-order chi connectivity index (χ0) is 18.9. The van der Waals surface area contributed by atoms with Gasteiger partial charge in [-0.2, -0.15) is 5.10 Å². The molecule has 3 heterocycles. The molecule has 2 aliphatic rings. The Morgan fingerprint density at radius 3 is 2.93 bits per heavy atom. The summed E-state index contributed by atoms with van der Waals surface area (Å²) < 4.78 is 5.79. The van der Waals surface area contributed by atoms with Crippen LogP contribution in [0.15, 0.2) is 36.5 Å². The molecule has 0 saturated carbocycles. The lowest BCUT2D eigenvalue weighted by atomic mass is 10.0. The van der Waals surface area contributed by atoms with Crippen LogP contribution >= 0.6 is 0 Å². The fourth-order valence-corrected chi connectivity index (χ4v) is 3.74. The second-order valence-electron chi connectivity index (χ2n) is 7.19. The van der Waals surface area contributed by atoms with Gasteiger partial charge in [0.05, 0.1) is 25.0 Å². The van der Waals surface area contributed by atoms with Crippen molar-refractivity contribution in [1.29, 1.82) is 0 Å². The normalized spacial score (nSPS) is 22.5. The maximum Gasteiger partial charge on any atom is 0.317 e. The van der Waals surface area contributed by atoms with Gasteiger partial charge in [-0.25, -0.2) is 4.79 Å². The van der Waals surface area contributed by atoms with Gasteiger partial charge in [0.1, 0.15) is 12.2 Å². The highest BCUT2D eigenvalue weighted by Crippen LogP contribution is 2.29. The van der Waals surface area contributed by atoms with Gasteiger partial charge in [-0.1, -0.05) is 30.3 Å². The molecule has 0 radical (unpaired) electrons. The molecule has 3 amide bonds. The van der Waals surface area contributed by atoms with Crippen molar-refractivity contribution in [3.05, 3.63) is 42.1 Å². The lowest BCUT2D eigenvalue weighted by Gasteiger charge is -2.38. The van der Waals surface area contributed by atoms with E-state index in [2.05, 4.69) is 15.5 Å². The summed E-state index contributed by atoms with van der Waals surface area (Å²) in [6.07, 6.45) is 2.47. The molecule has 0 aliphatic carbocycles. The Labute approximate surface area is 157 Å². The summed E-state index contributed by atoms with van der Waals surface area (Å²) in [5.74, 6) is -0.0167. The van der Waals surface area contributed by atoms with Crippen molar-refractivity contribution in [2.75, 3.05) is 33.3 Å². The third-order valence-electron chi connectivity index (χ3n) is 5.27. The van der Waals surface area contributed by atoms with E-state index in [-0.39, 0.29) is 18.5 Å². The first-order chi connectivity index (χ1) is 13.1. The van der Waals surface area contributed by atoms with Crippen LogP contribution in [0.3, 0.4) is 0 Å². The van der Waals surface area contributed by atoms with Crippen LogP contribution in [0.4, 0.5) is 4.79 Å². The number of carbonyl (C=O) groups excluding carboxylic acids is 2. The van der Waals surface area contributed by atoms with E-state index >= 15 is 0 Å². The standard InChI is InChI=1S/C19H23N5O3/c1-23-12-19(27-11-16(23)25)7-8-24(13-19)18(26)20-9-15-10-21-22-17(15)14-5-3-2-4-6-14/h2-6,10H,7-9,11-13H2,1H3,(H,20,26)(H,21,22). The molecule has 1 aromatic carbocycles. The maximum atomic E-state index is 12.6. The van der Waals surface area contributed by atoms with Gasteiger partial charge in [0.2, 0.25) is 5.91 Å². The van der Waals surface area contributed by atoms with Crippen LogP contribution in [-0.2, 0) is 16.1 Å². The van der Waals surface area contributed by atoms with Crippen molar-refractivity contribution < 1.29 is 14.3 Å². The monoisotopic (exact) mass is 369 g/mol. The minimum atomic E-state index is -0.440. The smallest absolute Gasteiger partial charge is 0.317 e. The Morgan fingerprint density at radius 2 is 2.15 bits per heavy atom. The minimum absolute atomic E-state index is 0.0167. The fourth-order valence-electron chi connectivity index (χ4n) is 3.74. The van der Waals surface area contributed by atoms with E-state index < -0.39 is 5.60 Å². The van der Waals surface area contributed by atoms with E-state index in [9.17, 15) is 9.59 Å². The number of likely N-dealkylation sites (N-methyl/N-ethyl adjacent to an activating group) is 1. The second kappa shape index (κ2) is 7.03. The molecular formula is C19H23N5O3. The number of nitrogens with zero attached hydrogens (tertiary/aromatic N) is 3. The molecule has 1 aromatic heterocycles. The molecule has 2 aromatic rings. The van der Waals surface area contributed by atoms with Crippen molar-refractivity contribution in [2.24, 2.45) is 0 Å². The number of urea groups is 1. The molecule has 4 rings (SSSR count). The van der Waals surface area contributed by atoms with Gasteiger partial charge in [0.15, 0.2) is 0 Å². The predicted molar refractivity (Wildman–Crippen MR) is 98.8 cm³/mol. The van der Waals surface area contributed by atoms with Gasteiger partial charge in [-0.05, 0) is 12.0 Å². The average molecular weight is 369 g/mol. The number of carbonyl (C=O) groups is 2. The van der Waals surface area contributed by atoms with Crippen LogP contribution in [0.2, 0.25) is 0 Å². The average Bonchev–Trinajstić information content (AvgIpc) is 3.31. The van der Waals surface area contributed by atoms with E-state index in [1.165, 1.54) is 0 Å². The van der Waals surface area contributed by atoms with E-state index in [0.717, 1.165) is 23.2 Å². The number of aromatic amines is 1. The minimum Gasteiger partial charge on any atom is -0.361 e. The summed E-state index contributed by atoms with van der Waals surface area (Å²) in [6, 6.07) is 9.77. The summed E-state index contributed by atoms with van der Waals surface area (Å²) >= 11 is 0. The highest BCUT2D eigenvalue weighted by molar-refractivity contribution is 5.78. The van der Waals surface area contributed by atoms with Crippen LogP contribution in [0.25, 0.3) is 11.3 Å². The maximum absolute atomic E-state index is 12.6. The molecule has 8 nitrogen and oxygen atoms in total. The quantitative estimate of drug-likeness (QED) is 0.851. The first-order valence-electron chi connectivity index (χ1n) is 9.05. The Kier molecular flexibility index (Phi) is 4.57. The highest BCUT2D eigenvalue weighted by Gasteiger charge is 2.45. The summed E-state index contributed by atoms with van der Waals surface area (Å²) in [5, 5.41) is 10.1. The van der Waals surface area contributed by atoms with Crippen molar-refractivity contribution >= 4 is 11.9 Å². The molecule has 1 unspecified atom stereocenters. The molecule has 2 saturated heterocycles. The third kappa shape index (κ3) is 3.52. The molecule has 1 atom stereocenters. The Bertz CT molecular complexity index is 837. The zero-order valence-electron chi connectivity index (χ0n) is 15.3. The number of nitrogens with one attached hydrogen (secondary N) is 2. The van der Waals surface area contributed by atoms with Crippen LogP contribution in [0.5, 0.6) is 0 Å². The molecule has 8 heteroatoms. The van der Waals surface area contributed by atoms with Crippen LogP contribution in [0, 0.1) is 0 Å². The van der Waals surface area contributed by atoms with E-state index in [4.69, 9.17) is 4.74 Å². The van der Waals surface area contributed by atoms with Gasteiger partial charge in [-0.15, -0.1) is 0 Å². The molecule has 27 heavy (non-hydrogen) atoms. The van der Waals surface area contributed by atoms with Gasteiger partial charge in [0.25, 0.3) is 0 Å². The molecule has 2 aliphatic heterocycles. The second-order valence-corrected chi connectivity index (χ2v) is 7.19. The van der Waals surface area contributed by atoms with Crippen molar-refractivity contribution in [3.63, 3.8) is 0 Å². The fraction of sp³-hybridized carbons (Fsp3) is 0.421. The Morgan fingerprint density at radius 1 is 1.33 bits per heavy atom. The molecule has 0 bridgehead atoms. The SMILES string of the molecule is CN1CC2(CCN(C(=O)NCc3cn[nH]c3-c3ccccc3)C2)OCC1=O. The lowest BCUT2D eigenvalue weighted by molar-refractivity contribution is -0.158. The Balaban J connectivity index is 1.36. The Hall–Kier alpha value is -2.87. The van der Waals surface area contributed by atoms with Crippen molar-refractivity contribution in [3.8, 4) is 11.3 Å². The summed E-state index contributed by atoms with van der Waals surface area (Å²) in [6.45, 7) is 2.11. The van der Waals surface area contributed by atoms with Crippen LogP contribution in [-0.4, -0.2) is 70.8 Å². The third-order valence-corrected chi connectivity index (χ3v) is 5.27. The predicted octanol–water partition coefficient (Wildman–Crippen LogP) is 1.22. The van der Waals surface area contributed by atoms with E-state index in [1.54, 1.807) is 23.0 Å². The van der Waals surface area contributed by atoms with Crippen LogP contribution < -0.4 is 5.32 Å². The number of ether oxygens (including phenoxy) is 1. The van der Waals surface area contributed by atoms with Crippen molar-refractivity contribution in [1.82, 2.24) is 25.3 Å². The number of H-pyrrole nitrogens is 1. The van der Waals surface area contributed by atoms with Crippen LogP contribution in [0.1, 0.15) is 12.0 Å². The number of likely N-dealkylation sites (tertiary alicyclic amines) is 1. The molecular weight excluding hydrogens is 346 g/mol. The van der Waals surface area contributed by atoms with Crippen molar-refractivity contribution in [2.45, 2.75) is 18.6 Å². The largest absolute Gasteiger partial charge is 0.361 e. The number of hydrogen-bond acceptors (Lipinski definition) is 4. The number of morpholine rings is 1. The molecule has 2 fully saturated rings. The van der Waals surface area contributed by atoms with Gasteiger partial charge in [0, 0.05) is 25.7 Å². The molecule has 142 valence electrons. The first-order valence-corrected chi connectivity index (χ1v) is 9.05. The van der Waals surface area contributed by atoms with Gasteiger partial charge >= 0.3 is 6.03 Å². The summed E-state index contributed by atoms with van der Waals surface area (Å²) in [4.78, 5) is 27.7. The lowest BCUT2D eigenvalue weighted by Crippen LogP contribution is -2.55. The molecule has 1 spiro atoms. The number of benzene rings is 1. The summed E-state index contributed by atoms with van der Waals surface area (Å²) in [5.41, 5.74) is 2.43. The van der Waals surface area contributed by atoms with Gasteiger partial charge in [-0.3, -0.25) is 9.89 Å². The van der Waals surface area contributed by atoms with E-state index in [1.807, 2.05) is 30.3 Å². The van der Waals surface area contributed by atoms with E-state index in [0.29, 0.717) is 26.2 Å². The summed E-state index contributed by atoms with van der Waals surface area (Å²) in [7, 11) is 1.78. The number of amides is 3. The highest BCUT2D eigenvalue weighted by atomic mass is 16.5. The number of hydrogen-bond donors (Lipinski definition) is 2. The number of rotatable bonds is 3. The topological polar surface area (TPSA) is 90.6 Å². The number of aromatic nitrogens is 2. The first kappa shape index (κ1) is 17.5. The zero-order valence-corrected chi connectivity index (χ0v) is 15.3.